The highest BCUT2D eigenvalue weighted by atomic mass is 32.2. The fourth-order valence-electron chi connectivity index (χ4n) is 2.73. The lowest BCUT2D eigenvalue weighted by atomic mass is 10.2. The third-order valence-corrected chi connectivity index (χ3v) is 7.03. The van der Waals surface area contributed by atoms with Crippen molar-refractivity contribution in [3.8, 4) is 0 Å². The number of methoxy groups -OCH3 is 1. The Balaban J connectivity index is 2.07. The molecule has 154 valence electrons. The van der Waals surface area contributed by atoms with E-state index in [1.165, 1.54) is 48.9 Å². The summed E-state index contributed by atoms with van der Waals surface area (Å²) in [4.78, 5) is 16.9. The lowest BCUT2D eigenvalue weighted by Crippen LogP contribution is -2.20. The number of halogens is 2. The van der Waals surface area contributed by atoms with Crippen molar-refractivity contribution >= 4 is 37.3 Å². The molecular formula is C19H18F2N2O4S2. The van der Waals surface area contributed by atoms with Gasteiger partial charge in [0.25, 0.3) is 5.91 Å². The summed E-state index contributed by atoms with van der Waals surface area (Å²) in [5, 5.41) is 0. The maximum Gasteiger partial charge on any atom is 0.279 e. The predicted octanol–water partition coefficient (Wildman–Crippen LogP) is 3.16. The van der Waals surface area contributed by atoms with E-state index < -0.39 is 27.4 Å². The summed E-state index contributed by atoms with van der Waals surface area (Å²) in [5.74, 6) is -2.14. The zero-order valence-electron chi connectivity index (χ0n) is 15.7. The van der Waals surface area contributed by atoms with E-state index in [1.807, 2.05) is 0 Å². The van der Waals surface area contributed by atoms with Crippen LogP contribution in [0.1, 0.15) is 17.3 Å². The molecule has 0 aliphatic heterocycles. The Hall–Kier alpha value is -2.43. The van der Waals surface area contributed by atoms with E-state index in [0.29, 0.717) is 4.70 Å². The van der Waals surface area contributed by atoms with Crippen LogP contribution in [0, 0.1) is 11.6 Å². The molecular weight excluding hydrogens is 422 g/mol. The number of amides is 1. The first kappa shape index (κ1) is 21.3. The minimum atomic E-state index is -3.38. The van der Waals surface area contributed by atoms with Gasteiger partial charge in [-0.1, -0.05) is 18.3 Å². The maximum absolute atomic E-state index is 14.3. The zero-order chi connectivity index (χ0) is 21.2. The molecule has 2 aromatic carbocycles. The van der Waals surface area contributed by atoms with Crippen LogP contribution in [0.5, 0.6) is 0 Å². The van der Waals surface area contributed by atoms with Gasteiger partial charge in [0.15, 0.2) is 20.5 Å². The first-order valence-electron chi connectivity index (χ1n) is 8.66. The molecule has 1 heterocycles. The molecule has 0 fully saturated rings. The number of ether oxygens (including phenoxy) is 1. The van der Waals surface area contributed by atoms with Crippen molar-refractivity contribution in [1.29, 1.82) is 0 Å². The summed E-state index contributed by atoms with van der Waals surface area (Å²) in [6.07, 6.45) is 0. The van der Waals surface area contributed by atoms with Gasteiger partial charge in [-0.05, 0) is 30.3 Å². The van der Waals surface area contributed by atoms with E-state index in [9.17, 15) is 22.0 Å². The molecule has 0 aliphatic rings. The largest absolute Gasteiger partial charge is 0.383 e. The summed E-state index contributed by atoms with van der Waals surface area (Å²) >= 11 is 0.981. The van der Waals surface area contributed by atoms with Gasteiger partial charge < -0.3 is 9.30 Å². The number of carbonyl (C=O) groups is 1. The van der Waals surface area contributed by atoms with Crippen molar-refractivity contribution in [3.63, 3.8) is 0 Å². The number of thiazole rings is 1. The quantitative estimate of drug-likeness (QED) is 0.590. The van der Waals surface area contributed by atoms with E-state index in [1.54, 1.807) is 0 Å². The summed E-state index contributed by atoms with van der Waals surface area (Å²) in [5.41, 5.74) is 0.326. The van der Waals surface area contributed by atoms with Crippen molar-refractivity contribution in [2.75, 3.05) is 19.5 Å². The second-order valence-electron chi connectivity index (χ2n) is 6.11. The molecule has 10 heteroatoms. The molecule has 0 unspecified atom stereocenters. The van der Waals surface area contributed by atoms with Crippen molar-refractivity contribution in [2.24, 2.45) is 4.99 Å². The number of nitrogens with zero attached hydrogens (tertiary/aromatic N) is 2. The second-order valence-corrected chi connectivity index (χ2v) is 9.40. The van der Waals surface area contributed by atoms with Crippen molar-refractivity contribution in [1.82, 2.24) is 4.57 Å². The smallest absolute Gasteiger partial charge is 0.279 e. The Labute approximate surface area is 170 Å². The van der Waals surface area contributed by atoms with Gasteiger partial charge in [0.05, 0.1) is 27.5 Å². The predicted molar refractivity (Wildman–Crippen MR) is 106 cm³/mol. The van der Waals surface area contributed by atoms with Gasteiger partial charge in [-0.2, -0.15) is 4.99 Å². The molecule has 0 saturated carbocycles. The van der Waals surface area contributed by atoms with E-state index in [0.717, 1.165) is 17.4 Å². The average Bonchev–Trinajstić information content (AvgIpc) is 3.03. The van der Waals surface area contributed by atoms with Gasteiger partial charge in [0, 0.05) is 25.3 Å². The summed E-state index contributed by atoms with van der Waals surface area (Å²) in [7, 11) is -1.89. The third kappa shape index (κ3) is 4.44. The third-order valence-electron chi connectivity index (χ3n) is 4.25. The summed E-state index contributed by atoms with van der Waals surface area (Å²) in [6, 6.07) is 7.40. The van der Waals surface area contributed by atoms with E-state index in [-0.39, 0.29) is 39.7 Å². The van der Waals surface area contributed by atoms with Crippen molar-refractivity contribution in [2.45, 2.75) is 18.4 Å². The topological polar surface area (TPSA) is 77.7 Å². The number of sulfone groups is 1. The van der Waals surface area contributed by atoms with E-state index in [4.69, 9.17) is 4.74 Å². The average molecular weight is 440 g/mol. The zero-order valence-corrected chi connectivity index (χ0v) is 17.3. The van der Waals surface area contributed by atoms with E-state index >= 15 is 0 Å². The molecule has 0 N–H and O–H groups in total. The number of rotatable bonds is 6. The van der Waals surface area contributed by atoms with Crippen LogP contribution in [0.4, 0.5) is 8.78 Å². The second kappa shape index (κ2) is 8.52. The van der Waals surface area contributed by atoms with Gasteiger partial charge in [-0.3, -0.25) is 4.79 Å². The number of benzene rings is 2. The highest BCUT2D eigenvalue weighted by Crippen LogP contribution is 2.22. The molecule has 0 spiro atoms. The normalized spacial score (nSPS) is 12.6. The standard InChI is InChI=1S/C19H18F2N2O4S2/c1-3-29(25,26)14-6-4-12(5-7-14)18(24)22-19-23(8-9-27-2)17-15(21)10-13(20)11-16(17)28-19/h4-7,10-11H,3,8-9H2,1-2H3. The molecule has 1 amide bonds. The monoisotopic (exact) mass is 440 g/mol. The van der Waals surface area contributed by atoms with Crippen molar-refractivity contribution in [3.05, 3.63) is 58.4 Å². The van der Waals surface area contributed by atoms with Gasteiger partial charge in [0.1, 0.15) is 5.82 Å². The fraction of sp³-hybridized carbons (Fsp3) is 0.263. The summed E-state index contributed by atoms with van der Waals surface area (Å²) < 4.78 is 58.5. The molecule has 0 saturated heterocycles. The van der Waals surface area contributed by atoms with Crippen LogP contribution >= 0.6 is 11.3 Å². The Bertz CT molecular complexity index is 1230. The number of hydrogen-bond acceptors (Lipinski definition) is 5. The molecule has 3 aromatic rings. The Morgan fingerprint density at radius 1 is 1.21 bits per heavy atom. The van der Waals surface area contributed by atoms with Gasteiger partial charge >= 0.3 is 0 Å². The highest BCUT2D eigenvalue weighted by Gasteiger charge is 2.15. The van der Waals surface area contributed by atoms with Crippen LogP contribution in [0.15, 0.2) is 46.3 Å². The molecule has 3 rings (SSSR count). The molecule has 1 aromatic heterocycles. The fourth-order valence-corrected chi connectivity index (χ4v) is 4.71. The van der Waals surface area contributed by atoms with Gasteiger partial charge in [-0.15, -0.1) is 0 Å². The number of fused-ring (bicyclic) bond motifs is 1. The number of carbonyl (C=O) groups excluding carboxylic acids is 1. The SMILES string of the molecule is CCS(=O)(=O)c1ccc(C(=O)N=c2sc3cc(F)cc(F)c3n2CCOC)cc1. The molecule has 0 aliphatic carbocycles. The number of hydrogen-bond donors (Lipinski definition) is 0. The van der Waals surface area contributed by atoms with Crippen LogP contribution < -0.4 is 4.80 Å². The molecule has 0 bridgehead atoms. The lowest BCUT2D eigenvalue weighted by molar-refractivity contribution is 0.0997. The first-order chi connectivity index (χ1) is 13.8. The Morgan fingerprint density at radius 2 is 1.90 bits per heavy atom. The van der Waals surface area contributed by atoms with Crippen LogP contribution in [0.2, 0.25) is 0 Å². The molecule has 29 heavy (non-hydrogen) atoms. The number of aromatic nitrogens is 1. The van der Waals surface area contributed by atoms with Crippen LogP contribution in [-0.4, -0.2) is 38.4 Å². The Kier molecular flexibility index (Phi) is 6.25. The minimum Gasteiger partial charge on any atom is -0.383 e. The van der Waals surface area contributed by atoms with E-state index in [2.05, 4.69) is 4.99 Å². The minimum absolute atomic E-state index is 0.0475. The lowest BCUT2D eigenvalue weighted by Gasteiger charge is -2.05. The Morgan fingerprint density at radius 3 is 2.52 bits per heavy atom. The molecule has 0 atom stereocenters. The maximum atomic E-state index is 14.3. The van der Waals surface area contributed by atoms with Gasteiger partial charge in [0.2, 0.25) is 0 Å². The molecule has 6 nitrogen and oxygen atoms in total. The van der Waals surface area contributed by atoms with Crippen LogP contribution in [0.25, 0.3) is 10.2 Å². The van der Waals surface area contributed by atoms with Crippen LogP contribution in [0.3, 0.4) is 0 Å². The first-order valence-corrected chi connectivity index (χ1v) is 11.1. The van der Waals surface area contributed by atoms with Crippen molar-refractivity contribution < 1.29 is 26.7 Å². The summed E-state index contributed by atoms with van der Waals surface area (Å²) in [6.45, 7) is 2.00. The van der Waals surface area contributed by atoms with Crippen LogP contribution in [-0.2, 0) is 21.1 Å². The molecule has 0 radical (unpaired) electrons. The van der Waals surface area contributed by atoms with Gasteiger partial charge in [-0.25, -0.2) is 17.2 Å². The highest BCUT2D eigenvalue weighted by molar-refractivity contribution is 7.91.